The van der Waals surface area contributed by atoms with E-state index in [0.29, 0.717) is 0 Å². The van der Waals surface area contributed by atoms with Crippen LogP contribution in [0, 0.1) is 10.8 Å². The molecule has 0 spiro atoms. The summed E-state index contributed by atoms with van der Waals surface area (Å²) < 4.78 is 4.91. The van der Waals surface area contributed by atoms with Gasteiger partial charge < -0.3 is 9.84 Å². The molecule has 78 valence electrons. The molecule has 0 heterocycles. The van der Waals surface area contributed by atoms with Crippen LogP contribution in [0.3, 0.4) is 0 Å². The maximum atomic E-state index is 11.1. The topological polar surface area (TPSA) is 46.5 Å². The van der Waals surface area contributed by atoms with Gasteiger partial charge in [-0.2, -0.15) is 0 Å². The Balaban J connectivity index is 2.16. The molecule has 2 aliphatic rings. The van der Waals surface area contributed by atoms with Crippen molar-refractivity contribution in [3.8, 4) is 0 Å². The van der Waals surface area contributed by atoms with Crippen molar-refractivity contribution in [2.45, 2.75) is 32.1 Å². The number of carbonyl (C=O) groups is 1. The predicted molar refractivity (Wildman–Crippen MR) is 51.7 cm³/mol. The van der Waals surface area contributed by atoms with Crippen LogP contribution in [-0.4, -0.2) is 18.2 Å². The minimum atomic E-state index is -0.609. The smallest absolute Gasteiger partial charge is 0.309 e. The normalized spacial score (nSPS) is 40.6. The monoisotopic (exact) mass is 196 g/mol. The standard InChI is InChI=1S/C11H16O3/c1-14-7-6-10-2-4-11(8-10,5-3-10)9(12)13/h6-7H,2-5,8H2,1H3,(H,12,13). The van der Waals surface area contributed by atoms with Gasteiger partial charge in [0.15, 0.2) is 0 Å². The zero-order chi connectivity index (χ0) is 10.2. The molecule has 2 aliphatic carbocycles. The number of fused-ring (bicyclic) bond motifs is 2. The van der Waals surface area contributed by atoms with Gasteiger partial charge >= 0.3 is 5.97 Å². The van der Waals surface area contributed by atoms with E-state index in [1.807, 2.05) is 0 Å². The van der Waals surface area contributed by atoms with Crippen molar-refractivity contribution in [3.63, 3.8) is 0 Å². The van der Waals surface area contributed by atoms with E-state index in [4.69, 9.17) is 4.74 Å². The minimum absolute atomic E-state index is 0.119. The molecule has 0 unspecified atom stereocenters. The summed E-state index contributed by atoms with van der Waals surface area (Å²) >= 11 is 0. The van der Waals surface area contributed by atoms with Crippen molar-refractivity contribution in [2.24, 2.45) is 10.8 Å². The summed E-state index contributed by atoms with van der Waals surface area (Å²) in [6.07, 6.45) is 8.22. The lowest BCUT2D eigenvalue weighted by atomic mass is 9.82. The fourth-order valence-corrected chi connectivity index (χ4v) is 2.98. The molecule has 0 aromatic rings. The Kier molecular flexibility index (Phi) is 2.05. The quantitative estimate of drug-likeness (QED) is 0.704. The van der Waals surface area contributed by atoms with E-state index in [1.54, 1.807) is 13.4 Å². The molecule has 3 nitrogen and oxygen atoms in total. The number of hydrogen-bond donors (Lipinski definition) is 1. The third kappa shape index (κ3) is 1.22. The molecule has 0 saturated heterocycles. The Bertz CT molecular complexity index is 272. The van der Waals surface area contributed by atoms with Crippen molar-refractivity contribution in [3.05, 3.63) is 12.3 Å². The molecule has 3 heteroatoms. The van der Waals surface area contributed by atoms with Crippen LogP contribution in [0.2, 0.25) is 0 Å². The lowest BCUT2D eigenvalue weighted by Gasteiger charge is -2.22. The summed E-state index contributed by atoms with van der Waals surface area (Å²) in [4.78, 5) is 11.1. The SMILES string of the molecule is COC=CC12CCC(C(=O)O)(CC1)C2. The Hall–Kier alpha value is -0.990. The maximum Gasteiger partial charge on any atom is 0.309 e. The van der Waals surface area contributed by atoms with Gasteiger partial charge in [0, 0.05) is 0 Å². The van der Waals surface area contributed by atoms with Crippen molar-refractivity contribution >= 4 is 5.97 Å². The zero-order valence-corrected chi connectivity index (χ0v) is 8.45. The van der Waals surface area contributed by atoms with Gasteiger partial charge in [-0.25, -0.2) is 0 Å². The molecule has 14 heavy (non-hydrogen) atoms. The summed E-state index contributed by atoms with van der Waals surface area (Å²) in [7, 11) is 1.63. The summed E-state index contributed by atoms with van der Waals surface area (Å²) in [6.45, 7) is 0. The Morgan fingerprint density at radius 2 is 2.00 bits per heavy atom. The van der Waals surface area contributed by atoms with E-state index in [-0.39, 0.29) is 5.41 Å². The Labute approximate surface area is 83.8 Å². The van der Waals surface area contributed by atoms with Gasteiger partial charge in [-0.3, -0.25) is 4.79 Å². The molecule has 1 N–H and O–H groups in total. The fraction of sp³-hybridized carbons (Fsp3) is 0.727. The number of hydrogen-bond acceptors (Lipinski definition) is 2. The number of ether oxygens (including phenoxy) is 1. The highest BCUT2D eigenvalue weighted by molar-refractivity contribution is 5.76. The van der Waals surface area contributed by atoms with E-state index in [9.17, 15) is 9.90 Å². The van der Waals surface area contributed by atoms with E-state index in [2.05, 4.69) is 6.08 Å². The van der Waals surface area contributed by atoms with Gasteiger partial charge in [-0.05, 0) is 43.6 Å². The number of carboxylic acids is 1. The number of carboxylic acid groups (broad SMARTS) is 1. The third-order valence-electron chi connectivity index (χ3n) is 3.90. The molecule has 2 fully saturated rings. The second-order valence-corrected chi connectivity index (χ2v) is 4.66. The lowest BCUT2D eigenvalue weighted by Crippen LogP contribution is -2.25. The number of allylic oxidation sites excluding steroid dienone is 1. The molecule has 0 radical (unpaired) electrons. The van der Waals surface area contributed by atoms with Crippen LogP contribution in [0.4, 0.5) is 0 Å². The fourth-order valence-electron chi connectivity index (χ4n) is 2.98. The molecule has 2 bridgehead atoms. The van der Waals surface area contributed by atoms with E-state index in [0.717, 1.165) is 32.1 Å². The first kappa shape index (κ1) is 9.56. The van der Waals surface area contributed by atoms with Crippen molar-refractivity contribution in [1.29, 1.82) is 0 Å². The first-order chi connectivity index (χ1) is 6.63. The Morgan fingerprint density at radius 3 is 2.43 bits per heavy atom. The van der Waals surface area contributed by atoms with Crippen molar-refractivity contribution in [1.82, 2.24) is 0 Å². The third-order valence-corrected chi connectivity index (χ3v) is 3.90. The molecule has 0 amide bonds. The number of methoxy groups -OCH3 is 1. The van der Waals surface area contributed by atoms with E-state index < -0.39 is 11.4 Å². The molecule has 0 aromatic carbocycles. The largest absolute Gasteiger partial charge is 0.505 e. The lowest BCUT2D eigenvalue weighted by molar-refractivity contribution is -0.148. The summed E-state index contributed by atoms with van der Waals surface area (Å²) in [5, 5.41) is 9.17. The Morgan fingerprint density at radius 1 is 1.36 bits per heavy atom. The molecule has 0 atom stereocenters. The molecular weight excluding hydrogens is 180 g/mol. The highest BCUT2D eigenvalue weighted by Gasteiger charge is 2.57. The summed E-state index contributed by atoms with van der Waals surface area (Å²) in [5.74, 6) is -0.609. The zero-order valence-electron chi connectivity index (χ0n) is 8.45. The maximum absolute atomic E-state index is 11.1. The van der Waals surface area contributed by atoms with E-state index in [1.165, 1.54) is 0 Å². The van der Waals surface area contributed by atoms with Gasteiger partial charge in [0.2, 0.25) is 0 Å². The summed E-state index contributed by atoms with van der Waals surface area (Å²) in [6, 6.07) is 0. The van der Waals surface area contributed by atoms with Crippen LogP contribution in [-0.2, 0) is 9.53 Å². The van der Waals surface area contributed by atoms with Crippen LogP contribution in [0.5, 0.6) is 0 Å². The average molecular weight is 196 g/mol. The molecule has 0 aliphatic heterocycles. The molecular formula is C11H16O3. The molecule has 0 aromatic heterocycles. The van der Waals surface area contributed by atoms with Gasteiger partial charge in [0.05, 0.1) is 18.8 Å². The van der Waals surface area contributed by atoms with Crippen LogP contribution >= 0.6 is 0 Å². The molecule has 2 rings (SSSR count). The molecule has 2 saturated carbocycles. The number of aliphatic carboxylic acids is 1. The van der Waals surface area contributed by atoms with Crippen molar-refractivity contribution < 1.29 is 14.6 Å². The number of rotatable bonds is 3. The van der Waals surface area contributed by atoms with Crippen LogP contribution in [0.1, 0.15) is 32.1 Å². The second-order valence-electron chi connectivity index (χ2n) is 4.66. The van der Waals surface area contributed by atoms with Gasteiger partial charge in [0.1, 0.15) is 0 Å². The highest BCUT2D eigenvalue weighted by Crippen LogP contribution is 2.62. The summed E-state index contributed by atoms with van der Waals surface area (Å²) in [5.41, 5.74) is -0.299. The minimum Gasteiger partial charge on any atom is -0.505 e. The van der Waals surface area contributed by atoms with Crippen LogP contribution < -0.4 is 0 Å². The van der Waals surface area contributed by atoms with Crippen molar-refractivity contribution in [2.75, 3.05) is 7.11 Å². The highest BCUT2D eigenvalue weighted by atomic mass is 16.5. The predicted octanol–water partition coefficient (Wildman–Crippen LogP) is 2.18. The van der Waals surface area contributed by atoms with Crippen LogP contribution in [0.25, 0.3) is 0 Å². The van der Waals surface area contributed by atoms with Crippen LogP contribution in [0.15, 0.2) is 12.3 Å². The first-order valence-electron chi connectivity index (χ1n) is 5.07. The second kappa shape index (κ2) is 3.01. The van der Waals surface area contributed by atoms with Gasteiger partial charge in [0.25, 0.3) is 0 Å². The van der Waals surface area contributed by atoms with Gasteiger partial charge in [-0.15, -0.1) is 0 Å². The van der Waals surface area contributed by atoms with Gasteiger partial charge in [-0.1, -0.05) is 0 Å². The average Bonchev–Trinajstić information content (AvgIpc) is 2.72. The first-order valence-corrected chi connectivity index (χ1v) is 5.07. The van der Waals surface area contributed by atoms with E-state index >= 15 is 0 Å².